The molecule has 9 heteroatoms. The summed E-state index contributed by atoms with van der Waals surface area (Å²) in [5, 5.41) is 22.6. The van der Waals surface area contributed by atoms with Crippen LogP contribution < -0.4 is 9.80 Å². The first-order valence-electron chi connectivity index (χ1n) is 25.2. The van der Waals surface area contributed by atoms with Crippen LogP contribution in [0.5, 0.6) is 11.5 Å². The molecule has 0 spiro atoms. The second-order valence-corrected chi connectivity index (χ2v) is 22.1. The minimum atomic E-state index is -2.25. The number of nitrogens with zero attached hydrogens (tertiary/aromatic N) is 4. The van der Waals surface area contributed by atoms with Crippen molar-refractivity contribution in [2.24, 2.45) is 15.4 Å². The van der Waals surface area contributed by atoms with Gasteiger partial charge in [0.1, 0.15) is 11.5 Å². The number of hydrogen-bond donors (Lipinski definition) is 2. The summed E-state index contributed by atoms with van der Waals surface area (Å²) in [6.07, 6.45) is 3.51. The van der Waals surface area contributed by atoms with E-state index in [1.165, 1.54) is 45.0 Å². The number of rotatable bonds is 10. The van der Waals surface area contributed by atoms with Crippen LogP contribution >= 0.6 is 0 Å². The van der Waals surface area contributed by atoms with Crippen LogP contribution in [0.4, 0.5) is 34.1 Å². The molecule has 74 heavy (non-hydrogen) atoms. The number of aliphatic imine (C=N–C) groups is 2. The van der Waals surface area contributed by atoms with Crippen LogP contribution in [0.3, 0.4) is 0 Å². The number of anilines is 6. The van der Waals surface area contributed by atoms with E-state index in [-0.39, 0.29) is 27.7 Å². The van der Waals surface area contributed by atoms with Gasteiger partial charge < -0.3 is 20.0 Å². The molecule has 8 nitrogen and oxygen atoms in total. The number of aryl methyl sites for hydroxylation is 4. The Hall–Kier alpha value is -7.41. The summed E-state index contributed by atoms with van der Waals surface area (Å²) in [6, 6.07) is 55.7. The predicted molar refractivity (Wildman–Crippen MR) is 300 cm³/mol. The SMILES string of the molecule is Cc1cc(N2c3ccccc3C(C)(C)c3ccccc32)cc(C)c1-c1ccc(C=NCC(C)(C)CN=Cc2ccc(-c3c(C)cc(N4c5ccccc5C(C)(C)c5ccccc54)cc3C)cc2O)c(O)c1.[O]=[W]=[O]. The molecule has 8 aromatic rings. The Morgan fingerprint density at radius 2 is 0.757 bits per heavy atom. The fourth-order valence-corrected chi connectivity index (χ4v) is 11.4. The van der Waals surface area contributed by atoms with Crippen molar-refractivity contribution in [3.63, 3.8) is 0 Å². The van der Waals surface area contributed by atoms with Crippen molar-refractivity contribution >= 4 is 46.6 Å². The van der Waals surface area contributed by atoms with E-state index in [2.05, 4.69) is 212 Å². The number of phenolic OH excluding ortho intramolecular Hbond substituents is 2. The van der Waals surface area contributed by atoms with E-state index in [4.69, 9.17) is 16.8 Å². The van der Waals surface area contributed by atoms with Gasteiger partial charge in [0.2, 0.25) is 0 Å². The predicted octanol–water partition coefficient (Wildman–Crippen LogP) is 16.2. The van der Waals surface area contributed by atoms with Crippen molar-refractivity contribution in [3.8, 4) is 33.8 Å². The van der Waals surface area contributed by atoms with Crippen molar-refractivity contribution < 1.29 is 35.5 Å². The van der Waals surface area contributed by atoms with Crippen molar-refractivity contribution in [3.05, 3.63) is 213 Å². The number of aromatic hydroxyl groups is 2. The molecule has 0 fully saturated rings. The van der Waals surface area contributed by atoms with Gasteiger partial charge in [-0.2, -0.15) is 0 Å². The first-order valence-corrected chi connectivity index (χ1v) is 27.5. The fourth-order valence-electron chi connectivity index (χ4n) is 11.4. The number of para-hydroxylation sites is 4. The van der Waals surface area contributed by atoms with Gasteiger partial charge in [-0.15, -0.1) is 0 Å². The Kier molecular flexibility index (Phi) is 14.2. The third-order valence-corrected chi connectivity index (χ3v) is 15.0. The minimum absolute atomic E-state index is 0.121. The van der Waals surface area contributed by atoms with Crippen LogP contribution in [-0.4, -0.2) is 35.7 Å². The number of phenols is 2. The molecule has 2 N–H and O–H groups in total. The molecule has 0 bridgehead atoms. The number of fused-ring (bicyclic) bond motifs is 4. The second-order valence-electron chi connectivity index (χ2n) is 21.6. The molecule has 2 aliphatic rings. The summed E-state index contributed by atoms with van der Waals surface area (Å²) < 4.78 is 17.1. The molecule has 2 heterocycles. The first kappa shape index (κ1) is 51.5. The number of benzene rings is 8. The summed E-state index contributed by atoms with van der Waals surface area (Å²) in [6.45, 7) is 23.1. The van der Waals surface area contributed by atoms with Crippen molar-refractivity contribution in [2.45, 2.75) is 80.1 Å². The standard InChI is InChI=1S/C65H64N4O2.2O.W/c1-41-31-49(68-55-23-15-11-19-51(55)64(7,8)52-20-12-16-24-56(52)68)32-42(2)61(41)45-27-29-47(59(70)35-45)37-66-39-63(5,6)40-67-38-48-30-28-46(36-60(48)71)62-43(3)33-50(34-44(62)4)69-57-25-17-13-21-53(57)65(9,10)54-22-14-18-26-58(54)69;;;/h11-38,70-71H,39-40H2,1-10H3;;;. The topological polar surface area (TPSA) is 106 Å². The summed E-state index contributed by atoms with van der Waals surface area (Å²) in [7, 11) is 0. The Labute approximate surface area is 445 Å². The summed E-state index contributed by atoms with van der Waals surface area (Å²) >= 11 is -2.25. The molecule has 0 aliphatic carbocycles. The van der Waals surface area contributed by atoms with E-state index < -0.39 is 18.5 Å². The van der Waals surface area contributed by atoms with E-state index in [1.807, 2.05) is 24.3 Å². The summed E-state index contributed by atoms with van der Waals surface area (Å²) in [5.74, 6) is 0.378. The van der Waals surface area contributed by atoms with Crippen LogP contribution in [0, 0.1) is 33.1 Å². The summed E-state index contributed by atoms with van der Waals surface area (Å²) in [4.78, 5) is 14.3. The fraction of sp³-hybridized carbons (Fsp3) is 0.231. The van der Waals surface area contributed by atoms with Gasteiger partial charge in [-0.3, -0.25) is 9.98 Å². The normalized spacial score (nSPS) is 14.2. The van der Waals surface area contributed by atoms with E-state index in [9.17, 15) is 10.2 Å². The Morgan fingerprint density at radius 1 is 0.473 bits per heavy atom. The Balaban J connectivity index is 0.00000219. The van der Waals surface area contributed by atoms with Crippen molar-refractivity contribution in [2.75, 3.05) is 22.9 Å². The average Bonchev–Trinajstić information content (AvgIpc) is 3.35. The van der Waals surface area contributed by atoms with E-state index >= 15 is 0 Å². The molecule has 0 saturated carbocycles. The maximum atomic E-state index is 11.3. The molecule has 8 aromatic carbocycles. The molecule has 2 aliphatic heterocycles. The zero-order chi connectivity index (χ0) is 52.7. The van der Waals surface area contributed by atoms with Crippen LogP contribution in [0.1, 0.15) is 97.2 Å². The van der Waals surface area contributed by atoms with Gasteiger partial charge in [-0.25, -0.2) is 0 Å². The van der Waals surface area contributed by atoms with Gasteiger partial charge >= 0.3 is 25.3 Å². The van der Waals surface area contributed by atoms with E-state index in [1.54, 1.807) is 12.4 Å². The van der Waals surface area contributed by atoms with Crippen LogP contribution in [0.2, 0.25) is 0 Å². The number of hydrogen-bond acceptors (Lipinski definition) is 8. The zero-order valence-electron chi connectivity index (χ0n) is 44.0. The maximum absolute atomic E-state index is 11.3. The second kappa shape index (κ2) is 20.5. The van der Waals surface area contributed by atoms with E-state index in [0.29, 0.717) is 24.2 Å². The Bertz CT molecular complexity index is 3190. The van der Waals surface area contributed by atoms with E-state index in [0.717, 1.165) is 55.9 Å². The summed E-state index contributed by atoms with van der Waals surface area (Å²) in [5.41, 5.74) is 21.8. The van der Waals surface area contributed by atoms with Gasteiger partial charge in [-0.05, 0) is 167 Å². The van der Waals surface area contributed by atoms with Crippen LogP contribution in [0.25, 0.3) is 22.3 Å². The average molecular weight is 1150 g/mol. The van der Waals surface area contributed by atoms with Gasteiger partial charge in [0.05, 0.1) is 22.7 Å². The monoisotopic (exact) mass is 1150 g/mol. The van der Waals surface area contributed by atoms with Gasteiger partial charge in [-0.1, -0.05) is 126 Å². The molecule has 374 valence electrons. The molecule has 0 saturated heterocycles. The van der Waals surface area contributed by atoms with Crippen LogP contribution in [0.15, 0.2) is 168 Å². The molecule has 0 atom stereocenters. The van der Waals surface area contributed by atoms with Gasteiger partial charge in [0.15, 0.2) is 0 Å². The van der Waals surface area contributed by atoms with Crippen molar-refractivity contribution in [1.82, 2.24) is 0 Å². The molecule has 0 amide bonds. The Morgan fingerprint density at radius 3 is 1.04 bits per heavy atom. The van der Waals surface area contributed by atoms with Crippen LogP contribution in [-0.2, 0) is 36.1 Å². The van der Waals surface area contributed by atoms with Gasteiger partial charge in [0.25, 0.3) is 0 Å². The molecular weight excluding hydrogens is 1080 g/mol. The third-order valence-electron chi connectivity index (χ3n) is 15.0. The zero-order valence-corrected chi connectivity index (χ0v) is 46.9. The van der Waals surface area contributed by atoms with Crippen molar-refractivity contribution in [1.29, 1.82) is 0 Å². The molecule has 0 radical (unpaired) electrons. The quantitative estimate of drug-likeness (QED) is 0.132. The third kappa shape index (κ3) is 9.64. The first-order chi connectivity index (χ1) is 35.4. The molecule has 10 rings (SSSR count). The molecular formula is C65H64N4O4W. The molecule has 0 aromatic heterocycles. The molecule has 0 unspecified atom stereocenters. The van der Waals surface area contributed by atoms with Gasteiger partial charge in [0, 0.05) is 64.3 Å².